The van der Waals surface area contributed by atoms with Crippen LogP contribution in [0, 0.1) is 5.82 Å². The van der Waals surface area contributed by atoms with Crippen molar-refractivity contribution in [3.63, 3.8) is 0 Å². The molecular formula is C15H16FNO4. The Bertz CT molecular complexity index is 638. The molecule has 0 aliphatic heterocycles. The molecule has 0 saturated carbocycles. The molecule has 0 saturated heterocycles. The Hall–Kier alpha value is -2.34. The van der Waals surface area contributed by atoms with Gasteiger partial charge in [0.2, 0.25) is 0 Å². The highest BCUT2D eigenvalue weighted by molar-refractivity contribution is 5.91. The van der Waals surface area contributed by atoms with E-state index in [4.69, 9.17) is 14.3 Å². The van der Waals surface area contributed by atoms with Gasteiger partial charge < -0.3 is 19.6 Å². The maximum Gasteiger partial charge on any atom is 0.287 e. The van der Waals surface area contributed by atoms with Gasteiger partial charge in [0.15, 0.2) is 17.3 Å². The number of phenols is 1. The molecule has 0 aliphatic carbocycles. The van der Waals surface area contributed by atoms with Gasteiger partial charge in [-0.05, 0) is 36.8 Å². The summed E-state index contributed by atoms with van der Waals surface area (Å²) in [5.74, 6) is -0.848. The number of methoxy groups -OCH3 is 1. The number of halogens is 1. The summed E-state index contributed by atoms with van der Waals surface area (Å²) in [5, 5.41) is 11.8. The number of aromatic hydroxyl groups is 1. The third-order valence-corrected chi connectivity index (χ3v) is 2.99. The van der Waals surface area contributed by atoms with Crippen molar-refractivity contribution in [2.45, 2.75) is 19.6 Å². The third-order valence-electron chi connectivity index (χ3n) is 2.99. The molecule has 6 heteroatoms. The maximum absolute atomic E-state index is 13.3. The summed E-state index contributed by atoms with van der Waals surface area (Å²) in [7, 11) is 1.53. The summed E-state index contributed by atoms with van der Waals surface area (Å²) in [6.45, 7) is 1.99. The van der Waals surface area contributed by atoms with Crippen molar-refractivity contribution < 1.29 is 23.4 Å². The van der Waals surface area contributed by atoms with E-state index in [2.05, 4.69) is 5.32 Å². The predicted octanol–water partition coefficient (Wildman–Crippen LogP) is 2.76. The van der Waals surface area contributed by atoms with Crippen LogP contribution in [0.5, 0.6) is 5.75 Å². The highest BCUT2D eigenvalue weighted by Crippen LogP contribution is 2.21. The minimum Gasteiger partial charge on any atom is -0.505 e. The summed E-state index contributed by atoms with van der Waals surface area (Å²) in [6, 6.07) is 6.75. The molecule has 1 heterocycles. The topological polar surface area (TPSA) is 71.7 Å². The van der Waals surface area contributed by atoms with Crippen LogP contribution in [-0.4, -0.2) is 18.1 Å². The van der Waals surface area contributed by atoms with Crippen molar-refractivity contribution in [1.29, 1.82) is 0 Å². The number of hydrogen-bond donors (Lipinski definition) is 2. The molecule has 112 valence electrons. The van der Waals surface area contributed by atoms with E-state index < -0.39 is 23.5 Å². The quantitative estimate of drug-likeness (QED) is 0.889. The predicted molar refractivity (Wildman–Crippen MR) is 73.4 cm³/mol. The number of rotatable bonds is 5. The molecule has 5 nitrogen and oxygen atoms in total. The number of carbonyl (C=O) groups excluding carboxylic acids is 1. The van der Waals surface area contributed by atoms with Gasteiger partial charge in [-0.25, -0.2) is 4.39 Å². The average Bonchev–Trinajstić information content (AvgIpc) is 2.91. The number of nitrogens with one attached hydrogen (secondary N) is 1. The standard InChI is InChI=1S/C15H16FNO4/c1-9(10-3-5-13(18)12(16)7-10)17-15(19)14-6-4-11(21-14)8-20-2/h3-7,9,18H,8H2,1-2H3,(H,17,19). The molecule has 2 aromatic rings. The molecule has 1 atom stereocenters. The number of benzene rings is 1. The van der Waals surface area contributed by atoms with Crippen molar-refractivity contribution in [1.82, 2.24) is 5.32 Å². The van der Waals surface area contributed by atoms with Gasteiger partial charge in [-0.2, -0.15) is 0 Å². The summed E-state index contributed by atoms with van der Waals surface area (Å²) < 4.78 is 23.5. The first-order chi connectivity index (χ1) is 10.0. The van der Waals surface area contributed by atoms with Gasteiger partial charge in [0.25, 0.3) is 5.91 Å². The molecule has 21 heavy (non-hydrogen) atoms. The van der Waals surface area contributed by atoms with Crippen LogP contribution in [-0.2, 0) is 11.3 Å². The Morgan fingerprint density at radius 2 is 2.19 bits per heavy atom. The van der Waals surface area contributed by atoms with Gasteiger partial charge in [-0.1, -0.05) is 6.07 Å². The van der Waals surface area contributed by atoms with E-state index in [-0.39, 0.29) is 12.4 Å². The van der Waals surface area contributed by atoms with Crippen molar-refractivity contribution in [3.8, 4) is 5.75 Å². The average molecular weight is 293 g/mol. The fraction of sp³-hybridized carbons (Fsp3) is 0.267. The first kappa shape index (κ1) is 15.1. The molecule has 1 aromatic heterocycles. The van der Waals surface area contributed by atoms with Gasteiger partial charge >= 0.3 is 0 Å². The second-order valence-corrected chi connectivity index (χ2v) is 4.60. The Labute approximate surface area is 121 Å². The first-order valence-electron chi connectivity index (χ1n) is 6.38. The largest absolute Gasteiger partial charge is 0.505 e. The lowest BCUT2D eigenvalue weighted by Gasteiger charge is -2.13. The molecule has 0 aliphatic rings. The fourth-order valence-electron chi connectivity index (χ4n) is 1.86. The monoisotopic (exact) mass is 293 g/mol. The minimum absolute atomic E-state index is 0.160. The van der Waals surface area contributed by atoms with E-state index in [1.807, 2.05) is 0 Å². The highest BCUT2D eigenvalue weighted by atomic mass is 19.1. The van der Waals surface area contributed by atoms with E-state index in [0.29, 0.717) is 11.3 Å². The van der Waals surface area contributed by atoms with Crippen LogP contribution in [0.15, 0.2) is 34.7 Å². The van der Waals surface area contributed by atoms with Crippen LogP contribution in [0.3, 0.4) is 0 Å². The second kappa shape index (κ2) is 6.41. The second-order valence-electron chi connectivity index (χ2n) is 4.60. The van der Waals surface area contributed by atoms with E-state index in [9.17, 15) is 9.18 Å². The molecule has 0 radical (unpaired) electrons. The lowest BCUT2D eigenvalue weighted by atomic mass is 10.1. The summed E-state index contributed by atoms with van der Waals surface area (Å²) in [5.41, 5.74) is 0.544. The third kappa shape index (κ3) is 3.61. The number of furan rings is 1. The number of hydrogen-bond acceptors (Lipinski definition) is 4. The number of carbonyl (C=O) groups is 1. The molecule has 2 N–H and O–H groups in total. The lowest BCUT2D eigenvalue weighted by Crippen LogP contribution is -2.26. The fourth-order valence-corrected chi connectivity index (χ4v) is 1.86. The van der Waals surface area contributed by atoms with Crippen molar-refractivity contribution in [2.75, 3.05) is 7.11 Å². The Morgan fingerprint density at radius 3 is 2.86 bits per heavy atom. The summed E-state index contributed by atoms with van der Waals surface area (Å²) >= 11 is 0. The molecule has 2 rings (SSSR count). The van der Waals surface area contributed by atoms with Crippen LogP contribution < -0.4 is 5.32 Å². The molecule has 1 amide bonds. The minimum atomic E-state index is -0.728. The van der Waals surface area contributed by atoms with Crippen LogP contribution in [0.25, 0.3) is 0 Å². The molecule has 1 aromatic carbocycles. The Morgan fingerprint density at radius 1 is 1.43 bits per heavy atom. The molecule has 0 fully saturated rings. The van der Waals surface area contributed by atoms with Gasteiger partial charge in [-0.15, -0.1) is 0 Å². The van der Waals surface area contributed by atoms with Gasteiger partial charge in [0.05, 0.1) is 6.04 Å². The van der Waals surface area contributed by atoms with Gasteiger partial charge in [0.1, 0.15) is 12.4 Å². The Kier molecular flexibility index (Phi) is 4.59. The first-order valence-corrected chi connectivity index (χ1v) is 6.38. The van der Waals surface area contributed by atoms with Crippen molar-refractivity contribution >= 4 is 5.91 Å². The van der Waals surface area contributed by atoms with E-state index in [0.717, 1.165) is 0 Å². The van der Waals surface area contributed by atoms with E-state index >= 15 is 0 Å². The molecule has 0 bridgehead atoms. The van der Waals surface area contributed by atoms with Crippen LogP contribution in [0.2, 0.25) is 0 Å². The van der Waals surface area contributed by atoms with Crippen LogP contribution >= 0.6 is 0 Å². The Balaban J connectivity index is 2.05. The number of ether oxygens (including phenoxy) is 1. The van der Waals surface area contributed by atoms with Crippen molar-refractivity contribution in [3.05, 3.63) is 53.2 Å². The zero-order chi connectivity index (χ0) is 15.4. The van der Waals surface area contributed by atoms with E-state index in [1.54, 1.807) is 25.1 Å². The number of amides is 1. The zero-order valence-electron chi connectivity index (χ0n) is 11.7. The molecular weight excluding hydrogens is 277 g/mol. The smallest absolute Gasteiger partial charge is 0.287 e. The van der Waals surface area contributed by atoms with Gasteiger partial charge in [0, 0.05) is 7.11 Å². The molecule has 0 spiro atoms. The highest BCUT2D eigenvalue weighted by Gasteiger charge is 2.16. The van der Waals surface area contributed by atoms with Crippen LogP contribution in [0.4, 0.5) is 4.39 Å². The SMILES string of the molecule is COCc1ccc(C(=O)NC(C)c2ccc(O)c(F)c2)o1. The lowest BCUT2D eigenvalue weighted by molar-refractivity contribution is 0.0903. The summed E-state index contributed by atoms with van der Waals surface area (Å²) in [4.78, 5) is 12.0. The van der Waals surface area contributed by atoms with Gasteiger partial charge in [-0.3, -0.25) is 4.79 Å². The van der Waals surface area contributed by atoms with Crippen LogP contribution in [0.1, 0.15) is 34.8 Å². The summed E-state index contributed by atoms with van der Waals surface area (Å²) in [6.07, 6.45) is 0. The number of phenolic OH excluding ortho intramolecular Hbond substituents is 1. The molecule has 1 unspecified atom stereocenters. The van der Waals surface area contributed by atoms with E-state index in [1.165, 1.54) is 19.2 Å². The maximum atomic E-state index is 13.3. The van der Waals surface area contributed by atoms with Crippen molar-refractivity contribution in [2.24, 2.45) is 0 Å². The normalized spacial score (nSPS) is 12.1. The zero-order valence-corrected chi connectivity index (χ0v) is 11.7.